The van der Waals surface area contributed by atoms with E-state index in [1.54, 1.807) is 28.3 Å². The summed E-state index contributed by atoms with van der Waals surface area (Å²) in [6, 6.07) is 9.54. The van der Waals surface area contributed by atoms with Gasteiger partial charge in [-0.25, -0.2) is 11.7 Å². The van der Waals surface area contributed by atoms with Crippen LogP contribution in [0.1, 0.15) is 5.76 Å². The van der Waals surface area contributed by atoms with Crippen LogP contribution >= 0.6 is 39.3 Å². The Morgan fingerprint density at radius 1 is 1.45 bits per heavy atom. The van der Waals surface area contributed by atoms with Gasteiger partial charge in [0.15, 0.2) is 5.22 Å². The Balaban J connectivity index is 0.000000541. The zero-order valence-corrected chi connectivity index (χ0v) is 14.9. The fraction of sp³-hybridized carbons (Fsp3) is 0.154. The quantitative estimate of drug-likeness (QED) is 0.232. The van der Waals surface area contributed by atoms with E-state index in [-0.39, 0.29) is 0 Å². The number of anilines is 1. The van der Waals surface area contributed by atoms with E-state index < -0.39 is 0 Å². The number of amides is 1. The SMILES string of the molecule is CN(N)c1cccc(Br)c1SCc1ccc(Cl)o1.NNC=O. The third kappa shape index (κ3) is 5.90. The summed E-state index contributed by atoms with van der Waals surface area (Å²) in [5.41, 5.74) is 2.71. The highest BCUT2D eigenvalue weighted by Gasteiger charge is 2.10. The highest BCUT2D eigenvalue weighted by molar-refractivity contribution is 9.10. The predicted octanol–water partition coefficient (Wildman–Crippen LogP) is 2.90. The molecule has 0 unspecified atom stereocenters. The van der Waals surface area contributed by atoms with Gasteiger partial charge in [0.2, 0.25) is 6.41 Å². The molecular formula is C13H16BrClN4O2S. The molecule has 1 heterocycles. The Bertz CT molecular complexity index is 609. The summed E-state index contributed by atoms with van der Waals surface area (Å²) < 4.78 is 6.34. The van der Waals surface area contributed by atoms with Crippen LogP contribution in [0.25, 0.3) is 0 Å². The van der Waals surface area contributed by atoms with Crippen molar-refractivity contribution >= 4 is 51.4 Å². The van der Waals surface area contributed by atoms with Crippen molar-refractivity contribution in [2.45, 2.75) is 10.6 Å². The van der Waals surface area contributed by atoms with Crippen LogP contribution in [0.4, 0.5) is 5.69 Å². The van der Waals surface area contributed by atoms with E-state index in [4.69, 9.17) is 26.7 Å². The number of thioether (sulfide) groups is 1. The van der Waals surface area contributed by atoms with Crippen LogP contribution in [-0.4, -0.2) is 13.5 Å². The molecule has 1 amide bonds. The fourth-order valence-electron chi connectivity index (χ4n) is 1.49. The first-order valence-corrected chi connectivity index (χ1v) is 8.19. The van der Waals surface area contributed by atoms with Gasteiger partial charge < -0.3 is 9.43 Å². The van der Waals surface area contributed by atoms with E-state index >= 15 is 0 Å². The molecule has 0 aliphatic heterocycles. The minimum Gasteiger partial charge on any atom is -0.449 e. The van der Waals surface area contributed by atoms with Gasteiger partial charge in [0.05, 0.1) is 11.4 Å². The molecule has 2 rings (SSSR count). The lowest BCUT2D eigenvalue weighted by molar-refractivity contribution is -0.109. The van der Waals surface area contributed by atoms with Crippen molar-refractivity contribution in [1.82, 2.24) is 5.43 Å². The molecule has 0 saturated carbocycles. The van der Waals surface area contributed by atoms with Gasteiger partial charge in [-0.2, -0.15) is 0 Å². The Labute approximate surface area is 146 Å². The van der Waals surface area contributed by atoms with Crippen LogP contribution in [0, 0.1) is 0 Å². The summed E-state index contributed by atoms with van der Waals surface area (Å²) >= 11 is 10.9. The van der Waals surface area contributed by atoms with Crippen molar-refractivity contribution < 1.29 is 9.21 Å². The minimum absolute atomic E-state index is 0.403. The zero-order chi connectivity index (χ0) is 16.5. The second kappa shape index (κ2) is 9.75. The highest BCUT2D eigenvalue weighted by Crippen LogP contribution is 2.37. The van der Waals surface area contributed by atoms with Crippen LogP contribution < -0.4 is 22.1 Å². The number of halogens is 2. The molecule has 0 fully saturated rings. The summed E-state index contributed by atoms with van der Waals surface area (Å²) in [5.74, 6) is 11.8. The third-order valence-electron chi connectivity index (χ3n) is 2.38. The number of nitrogens with zero attached hydrogens (tertiary/aromatic N) is 1. The van der Waals surface area contributed by atoms with E-state index in [1.165, 1.54) is 0 Å². The standard InChI is InChI=1S/C12H12BrClN2OS.CH4N2O/c1-16(15)10-4-2-3-9(13)12(10)18-7-8-5-6-11(14)17-8;2-3-1-4/h2-6H,7,15H2,1H3;1H,2H2,(H,3,4). The van der Waals surface area contributed by atoms with Gasteiger partial charge in [0, 0.05) is 16.4 Å². The molecular weight excluding hydrogens is 392 g/mol. The number of benzene rings is 1. The van der Waals surface area contributed by atoms with Crippen molar-refractivity contribution in [2.24, 2.45) is 11.7 Å². The smallest absolute Gasteiger partial charge is 0.221 e. The number of hydrogen-bond acceptors (Lipinski definition) is 6. The first-order valence-electron chi connectivity index (χ1n) is 6.03. The van der Waals surface area contributed by atoms with Gasteiger partial charge in [-0.1, -0.05) is 6.07 Å². The van der Waals surface area contributed by atoms with Gasteiger partial charge in [-0.3, -0.25) is 10.2 Å². The lowest BCUT2D eigenvalue weighted by atomic mass is 10.3. The predicted molar refractivity (Wildman–Crippen MR) is 93.4 cm³/mol. The van der Waals surface area contributed by atoms with E-state index in [9.17, 15) is 0 Å². The summed E-state index contributed by atoms with van der Waals surface area (Å²) in [6.45, 7) is 0. The normalized spacial score (nSPS) is 9.68. The van der Waals surface area contributed by atoms with Gasteiger partial charge >= 0.3 is 0 Å². The van der Waals surface area contributed by atoms with Crippen LogP contribution in [0.5, 0.6) is 0 Å². The molecule has 1 aromatic carbocycles. The molecule has 0 spiro atoms. The Hall–Kier alpha value is -1.19. The third-order valence-corrected chi connectivity index (χ3v) is 4.65. The molecule has 22 heavy (non-hydrogen) atoms. The molecule has 2 aromatic rings. The van der Waals surface area contributed by atoms with E-state index in [0.29, 0.717) is 17.4 Å². The molecule has 6 nitrogen and oxygen atoms in total. The summed E-state index contributed by atoms with van der Waals surface area (Å²) in [5, 5.41) is 2.01. The number of hydrogen-bond donors (Lipinski definition) is 3. The highest BCUT2D eigenvalue weighted by atomic mass is 79.9. The van der Waals surface area contributed by atoms with Crippen molar-refractivity contribution in [3.63, 3.8) is 0 Å². The molecule has 0 aliphatic rings. The number of nitrogens with two attached hydrogens (primary N) is 2. The largest absolute Gasteiger partial charge is 0.449 e. The van der Waals surface area contributed by atoms with E-state index in [1.807, 2.05) is 31.3 Å². The molecule has 0 bridgehead atoms. The second-order valence-electron chi connectivity index (χ2n) is 3.98. The van der Waals surface area contributed by atoms with E-state index in [0.717, 1.165) is 20.8 Å². The van der Waals surface area contributed by atoms with Crippen LogP contribution in [0.15, 0.2) is 44.1 Å². The number of carbonyl (C=O) groups is 1. The lowest BCUT2D eigenvalue weighted by Crippen LogP contribution is -2.25. The Morgan fingerprint density at radius 2 is 2.14 bits per heavy atom. The molecule has 9 heteroatoms. The Kier molecular flexibility index (Phi) is 8.36. The summed E-state index contributed by atoms with van der Waals surface area (Å²) in [4.78, 5) is 10.0. The first-order chi connectivity index (χ1) is 10.5. The maximum absolute atomic E-state index is 8.94. The van der Waals surface area contributed by atoms with Gasteiger partial charge in [0.1, 0.15) is 5.76 Å². The van der Waals surface area contributed by atoms with E-state index in [2.05, 4.69) is 21.8 Å². The molecule has 120 valence electrons. The summed E-state index contributed by atoms with van der Waals surface area (Å²) in [6.07, 6.45) is 0.403. The molecule has 0 saturated heterocycles. The molecule has 0 radical (unpaired) electrons. The lowest BCUT2D eigenvalue weighted by Gasteiger charge is -2.17. The van der Waals surface area contributed by atoms with Crippen LogP contribution in [-0.2, 0) is 10.5 Å². The molecule has 0 atom stereocenters. The maximum atomic E-state index is 8.94. The number of carbonyl (C=O) groups excluding carboxylic acids is 1. The average molecular weight is 408 g/mol. The topological polar surface area (TPSA) is 97.5 Å². The Morgan fingerprint density at radius 3 is 2.64 bits per heavy atom. The zero-order valence-electron chi connectivity index (χ0n) is 11.8. The minimum atomic E-state index is 0.403. The van der Waals surface area contributed by atoms with Crippen molar-refractivity contribution in [2.75, 3.05) is 12.1 Å². The van der Waals surface area contributed by atoms with Crippen molar-refractivity contribution in [3.05, 3.63) is 45.8 Å². The average Bonchev–Trinajstić information content (AvgIpc) is 2.91. The van der Waals surface area contributed by atoms with Crippen molar-refractivity contribution in [1.29, 1.82) is 0 Å². The fourth-order valence-corrected chi connectivity index (χ4v) is 3.36. The van der Waals surface area contributed by atoms with Gasteiger partial charge in [0.25, 0.3) is 0 Å². The maximum Gasteiger partial charge on any atom is 0.221 e. The second-order valence-corrected chi connectivity index (χ2v) is 6.19. The number of hydrazine groups is 2. The number of nitrogens with one attached hydrogen (secondary N) is 1. The van der Waals surface area contributed by atoms with Crippen LogP contribution in [0.3, 0.4) is 0 Å². The van der Waals surface area contributed by atoms with Crippen molar-refractivity contribution in [3.8, 4) is 0 Å². The molecule has 1 aromatic heterocycles. The van der Waals surface area contributed by atoms with Gasteiger partial charge in [-0.15, -0.1) is 11.8 Å². The van der Waals surface area contributed by atoms with Crippen LogP contribution in [0.2, 0.25) is 5.22 Å². The van der Waals surface area contributed by atoms with Gasteiger partial charge in [-0.05, 0) is 51.8 Å². The monoisotopic (exact) mass is 406 g/mol. The first kappa shape index (κ1) is 18.9. The molecule has 5 N–H and O–H groups in total. The number of rotatable bonds is 5. The number of furan rings is 1. The summed E-state index contributed by atoms with van der Waals surface area (Å²) in [7, 11) is 1.82. The molecule has 0 aliphatic carbocycles.